The fraction of sp³-hybridized carbons (Fsp3) is 0.429. The van der Waals surface area contributed by atoms with Gasteiger partial charge in [0.25, 0.3) is 0 Å². The summed E-state index contributed by atoms with van der Waals surface area (Å²) >= 11 is 1.67. The average Bonchev–Trinajstić information content (AvgIpc) is 2.37. The number of benzene rings is 1. The summed E-state index contributed by atoms with van der Waals surface area (Å²) in [4.78, 5) is 0. The van der Waals surface area contributed by atoms with Gasteiger partial charge < -0.3 is 0 Å². The summed E-state index contributed by atoms with van der Waals surface area (Å²) < 4.78 is 28.3. The summed E-state index contributed by atoms with van der Waals surface area (Å²) in [5, 5.41) is 2.06. The SMILES string of the molecule is CSC=CCc1ccc2c(c1)CN(C(C)C)S(=O)(=O)N2. The first-order valence-corrected chi connectivity index (χ1v) is 9.26. The average molecular weight is 312 g/mol. The van der Waals surface area contributed by atoms with Crippen molar-refractivity contribution >= 4 is 27.7 Å². The van der Waals surface area contributed by atoms with Crippen molar-refractivity contribution in [2.45, 2.75) is 32.9 Å². The lowest BCUT2D eigenvalue weighted by molar-refractivity contribution is 0.347. The lowest BCUT2D eigenvalue weighted by Gasteiger charge is -2.32. The zero-order chi connectivity index (χ0) is 14.8. The maximum absolute atomic E-state index is 12.1. The molecule has 4 nitrogen and oxygen atoms in total. The molecule has 0 radical (unpaired) electrons. The van der Waals surface area contributed by atoms with Gasteiger partial charge in [-0.15, -0.1) is 11.8 Å². The Hall–Kier alpha value is -0.980. The number of hydrogen-bond acceptors (Lipinski definition) is 3. The minimum absolute atomic E-state index is 0.0549. The summed E-state index contributed by atoms with van der Waals surface area (Å²) in [6.45, 7) is 4.20. The van der Waals surface area contributed by atoms with Crippen molar-refractivity contribution in [3.63, 3.8) is 0 Å². The highest BCUT2D eigenvalue weighted by atomic mass is 32.2. The summed E-state index contributed by atoms with van der Waals surface area (Å²) in [6, 6.07) is 5.85. The molecule has 1 N–H and O–H groups in total. The van der Waals surface area contributed by atoms with Crippen LogP contribution in [-0.4, -0.2) is 25.0 Å². The summed E-state index contributed by atoms with van der Waals surface area (Å²) in [5.74, 6) is 0. The highest BCUT2D eigenvalue weighted by Crippen LogP contribution is 2.28. The molecule has 6 heteroatoms. The van der Waals surface area contributed by atoms with Gasteiger partial charge in [0.05, 0.1) is 5.69 Å². The van der Waals surface area contributed by atoms with Crippen LogP contribution in [-0.2, 0) is 23.2 Å². The van der Waals surface area contributed by atoms with Gasteiger partial charge in [0.15, 0.2) is 0 Å². The first kappa shape index (κ1) is 15.4. The Bertz CT molecular complexity index is 610. The second kappa shape index (κ2) is 6.20. The molecule has 0 aliphatic carbocycles. The molecule has 0 atom stereocenters. The molecular weight excluding hydrogens is 292 g/mol. The van der Waals surface area contributed by atoms with Crippen molar-refractivity contribution in [3.05, 3.63) is 40.8 Å². The number of nitrogens with zero attached hydrogens (tertiary/aromatic N) is 1. The second-order valence-corrected chi connectivity index (χ2v) is 7.42. The van der Waals surface area contributed by atoms with Crippen LogP contribution >= 0.6 is 11.8 Å². The fourth-order valence-electron chi connectivity index (χ4n) is 2.20. The van der Waals surface area contributed by atoms with Crippen molar-refractivity contribution in [2.75, 3.05) is 11.0 Å². The maximum Gasteiger partial charge on any atom is 0.302 e. The van der Waals surface area contributed by atoms with E-state index in [9.17, 15) is 8.42 Å². The molecule has 110 valence electrons. The van der Waals surface area contributed by atoms with Crippen molar-refractivity contribution in [2.24, 2.45) is 0 Å². The van der Waals surface area contributed by atoms with E-state index in [1.165, 1.54) is 9.87 Å². The van der Waals surface area contributed by atoms with Crippen LogP contribution in [0.15, 0.2) is 29.7 Å². The molecule has 1 aliphatic rings. The van der Waals surface area contributed by atoms with Gasteiger partial charge in [-0.1, -0.05) is 18.2 Å². The lowest BCUT2D eigenvalue weighted by Crippen LogP contribution is -2.43. The fourth-order valence-corrected chi connectivity index (χ4v) is 3.94. The normalized spacial score (nSPS) is 18.2. The Kier molecular flexibility index (Phi) is 4.78. The molecule has 1 aromatic carbocycles. The molecule has 0 saturated carbocycles. The Morgan fingerprint density at radius 2 is 2.20 bits per heavy atom. The molecule has 1 aromatic rings. The molecule has 0 fully saturated rings. The molecule has 0 bridgehead atoms. The molecule has 0 amide bonds. The molecule has 20 heavy (non-hydrogen) atoms. The predicted molar refractivity (Wildman–Crippen MR) is 86.0 cm³/mol. The van der Waals surface area contributed by atoms with Crippen molar-refractivity contribution in [1.29, 1.82) is 0 Å². The van der Waals surface area contributed by atoms with Gasteiger partial charge in [-0.3, -0.25) is 4.72 Å². The molecule has 2 rings (SSSR count). The number of anilines is 1. The third-order valence-corrected chi connectivity index (χ3v) is 5.32. The van der Waals surface area contributed by atoms with Crippen molar-refractivity contribution in [1.82, 2.24) is 4.31 Å². The van der Waals surface area contributed by atoms with Gasteiger partial charge in [0, 0.05) is 12.6 Å². The monoisotopic (exact) mass is 312 g/mol. The van der Waals surface area contributed by atoms with Gasteiger partial charge in [0.2, 0.25) is 0 Å². The number of fused-ring (bicyclic) bond motifs is 1. The Labute approximate surface area is 125 Å². The van der Waals surface area contributed by atoms with Crippen LogP contribution in [0.1, 0.15) is 25.0 Å². The third-order valence-electron chi connectivity index (χ3n) is 3.21. The zero-order valence-electron chi connectivity index (χ0n) is 12.0. The standard InChI is InChI=1S/C14H20N2O2S2/c1-11(2)16-10-13-9-12(5-4-8-19-3)6-7-14(13)15-20(16,17)18/h4,6-9,11,15H,5,10H2,1-3H3. The molecule has 0 unspecified atom stereocenters. The van der Waals surface area contributed by atoms with Crippen molar-refractivity contribution < 1.29 is 8.42 Å². The van der Waals surface area contributed by atoms with E-state index in [0.29, 0.717) is 12.2 Å². The number of thioether (sulfide) groups is 1. The van der Waals surface area contributed by atoms with Crippen LogP contribution < -0.4 is 4.72 Å². The van der Waals surface area contributed by atoms with E-state index in [1.807, 2.05) is 32.2 Å². The summed E-state index contributed by atoms with van der Waals surface area (Å²) in [5.41, 5.74) is 2.92. The van der Waals surface area contributed by atoms with Gasteiger partial charge in [-0.2, -0.15) is 12.7 Å². The number of allylic oxidation sites excluding steroid dienone is 1. The number of rotatable bonds is 4. The van der Waals surface area contributed by atoms with Crippen LogP contribution in [0.5, 0.6) is 0 Å². The largest absolute Gasteiger partial charge is 0.302 e. The van der Waals surface area contributed by atoms with E-state index in [2.05, 4.69) is 22.3 Å². The van der Waals surface area contributed by atoms with E-state index in [1.54, 1.807) is 11.8 Å². The number of hydrogen-bond donors (Lipinski definition) is 1. The minimum atomic E-state index is -3.40. The summed E-state index contributed by atoms with van der Waals surface area (Å²) in [7, 11) is -3.40. The predicted octanol–water partition coefficient (Wildman–Crippen LogP) is 2.99. The number of nitrogens with one attached hydrogen (secondary N) is 1. The molecule has 1 aliphatic heterocycles. The maximum atomic E-state index is 12.1. The van der Waals surface area contributed by atoms with Gasteiger partial charge in [0.1, 0.15) is 0 Å². The van der Waals surface area contributed by atoms with E-state index in [0.717, 1.165) is 12.0 Å². The summed E-state index contributed by atoms with van der Waals surface area (Å²) in [6.07, 6.45) is 5.00. The van der Waals surface area contributed by atoms with Crippen LogP contribution in [0.25, 0.3) is 0 Å². The van der Waals surface area contributed by atoms with Gasteiger partial charge in [-0.25, -0.2) is 0 Å². The van der Waals surface area contributed by atoms with E-state index in [-0.39, 0.29) is 6.04 Å². The first-order valence-electron chi connectivity index (χ1n) is 6.53. The topological polar surface area (TPSA) is 49.4 Å². The molecule has 0 aromatic heterocycles. The Morgan fingerprint density at radius 1 is 1.45 bits per heavy atom. The van der Waals surface area contributed by atoms with E-state index >= 15 is 0 Å². The zero-order valence-corrected chi connectivity index (χ0v) is 13.6. The van der Waals surface area contributed by atoms with E-state index < -0.39 is 10.2 Å². The van der Waals surface area contributed by atoms with E-state index in [4.69, 9.17) is 0 Å². The third kappa shape index (κ3) is 3.37. The van der Waals surface area contributed by atoms with Gasteiger partial charge >= 0.3 is 10.2 Å². The van der Waals surface area contributed by atoms with Crippen LogP contribution in [0.2, 0.25) is 0 Å². The Morgan fingerprint density at radius 3 is 2.85 bits per heavy atom. The van der Waals surface area contributed by atoms with Crippen molar-refractivity contribution in [3.8, 4) is 0 Å². The van der Waals surface area contributed by atoms with Crippen LogP contribution in [0, 0.1) is 0 Å². The smallest absolute Gasteiger partial charge is 0.271 e. The first-order chi connectivity index (χ1) is 9.44. The van der Waals surface area contributed by atoms with Crippen LogP contribution in [0.3, 0.4) is 0 Å². The highest BCUT2D eigenvalue weighted by molar-refractivity contribution is 8.01. The molecule has 0 spiro atoms. The molecule has 1 heterocycles. The second-order valence-electron chi connectivity index (χ2n) is 5.05. The minimum Gasteiger partial charge on any atom is -0.271 e. The molecule has 0 saturated heterocycles. The Balaban J connectivity index is 2.27. The lowest BCUT2D eigenvalue weighted by atomic mass is 10.1. The highest BCUT2D eigenvalue weighted by Gasteiger charge is 2.30. The van der Waals surface area contributed by atoms with Gasteiger partial charge in [-0.05, 0) is 49.1 Å². The molecular formula is C14H20N2O2S2. The van der Waals surface area contributed by atoms with Crippen LogP contribution in [0.4, 0.5) is 5.69 Å². The quantitative estimate of drug-likeness (QED) is 0.930.